The number of amides is 4. The van der Waals surface area contributed by atoms with Gasteiger partial charge in [0.25, 0.3) is 0 Å². The van der Waals surface area contributed by atoms with E-state index in [1.165, 1.54) is 6.92 Å². The van der Waals surface area contributed by atoms with E-state index in [9.17, 15) is 131 Å². The molecule has 44 nitrogen and oxygen atoms in total. The molecule has 7 heterocycles. The van der Waals surface area contributed by atoms with Gasteiger partial charge in [0.2, 0.25) is 29.9 Å². The summed E-state index contributed by atoms with van der Waals surface area (Å²) in [5, 5.41) is 243. The predicted octanol–water partition coefficient (Wildman–Crippen LogP) is -17.8. The van der Waals surface area contributed by atoms with Gasteiger partial charge in [0.15, 0.2) is 37.7 Å². The Labute approximate surface area is 561 Å². The number of carbonyl (C=O) groups excluding carboxylic acids is 5. The maximum atomic E-state index is 13.2. The fourth-order valence-electron chi connectivity index (χ4n) is 12.3. The van der Waals surface area contributed by atoms with E-state index in [-0.39, 0.29) is 6.41 Å². The van der Waals surface area contributed by atoms with E-state index in [4.69, 9.17) is 66.3 Å². The molecule has 0 aromatic rings. The van der Waals surface area contributed by atoms with E-state index in [0.717, 1.165) is 20.8 Å². The van der Waals surface area contributed by atoms with Gasteiger partial charge in [0.1, 0.15) is 165 Å². The number of aliphatic carboxylic acids is 1. The number of carboxylic acid groups (broad SMARTS) is 1. The Morgan fingerprint density at radius 2 is 0.939 bits per heavy atom. The van der Waals surface area contributed by atoms with Crippen LogP contribution in [0.5, 0.6) is 0 Å². The van der Waals surface area contributed by atoms with Crippen LogP contribution in [0.1, 0.15) is 34.1 Å². The normalized spacial score (nSPS) is 45.3. The van der Waals surface area contributed by atoms with Crippen molar-refractivity contribution in [2.24, 2.45) is 0 Å². The first kappa shape index (κ1) is 82.3. The minimum Gasteiger partial charge on any atom is -0.544 e. The van der Waals surface area contributed by atoms with Gasteiger partial charge in [-0.1, -0.05) is 0 Å². The van der Waals surface area contributed by atoms with Crippen LogP contribution < -0.4 is 26.4 Å². The standard InChI is InChI=1S/C55H92N4O40/c1-15-30(72)36(78)38(80)51(88-15)95-43-28(58-17(3)68)48(89-22(8-62)32(43)74)87-13-26-35(77)46(40(82)52(93-26)94-42-25(11-65)92-50(39(81)37(42)79)86-12-19(6-60)56-14-66)97-49-29(59-18(4)69)44(33(75)23(9-63)90-49)96-53-41(83)47(34(76)24(10-64)91-53)99-55(54(84)85)5-20(70)27(57-16(2)67)45(98-55)31(73)21(71)7-61/h14-15,19-53,60-65,70-83H,5-13H2,1-4H3,(H,56,66)(H,57,67)(H,58,68)(H,59,69)(H,84,85)/p-1/t15-,19+,20-,21+,22+,23+,24+,25+,26+,27+,28+,29+,30+,31+,32+,33+,34-,35-,36+,37+,38-,39+,40+,41+,42+,43+,44+,45+,46-,47-,48+,49-,50+,51-,52-,53-,55-/m0/s1. The largest absolute Gasteiger partial charge is 0.544 e. The number of ether oxygens (including phenoxy) is 14. The second-order valence-electron chi connectivity index (χ2n) is 24.7. The number of carbonyl (C=O) groups is 5. The van der Waals surface area contributed by atoms with Gasteiger partial charge in [-0.15, -0.1) is 0 Å². The van der Waals surface area contributed by atoms with Crippen LogP contribution >= 0.6 is 0 Å². The Morgan fingerprint density at radius 3 is 1.45 bits per heavy atom. The van der Waals surface area contributed by atoms with E-state index >= 15 is 0 Å². The maximum absolute atomic E-state index is 13.2. The van der Waals surface area contributed by atoms with Gasteiger partial charge < -0.3 is 200 Å². The quantitative estimate of drug-likeness (QED) is 0.0297. The molecule has 7 rings (SSSR count). The Kier molecular flexibility index (Phi) is 30.0. The van der Waals surface area contributed by atoms with Crippen LogP contribution in [0, 0.1) is 0 Å². The smallest absolute Gasteiger partial charge is 0.217 e. The minimum atomic E-state index is -3.40. The summed E-state index contributed by atoms with van der Waals surface area (Å²) in [6.07, 6.45) is -67.6. The zero-order valence-electron chi connectivity index (χ0n) is 53.3. The molecule has 44 heteroatoms. The molecule has 0 aliphatic carbocycles. The highest BCUT2D eigenvalue weighted by molar-refractivity contribution is 5.75. The molecule has 0 bridgehead atoms. The summed E-state index contributed by atoms with van der Waals surface area (Å²) in [5.41, 5.74) is 0. The molecule has 7 aliphatic heterocycles. The van der Waals surface area contributed by atoms with Crippen molar-refractivity contribution in [3.8, 4) is 0 Å². The second kappa shape index (κ2) is 36.1. The van der Waals surface area contributed by atoms with Gasteiger partial charge in [-0.05, 0) is 6.92 Å². The highest BCUT2D eigenvalue weighted by Gasteiger charge is 2.61. The monoisotopic (exact) mass is 1450 g/mol. The van der Waals surface area contributed by atoms with Gasteiger partial charge >= 0.3 is 0 Å². The summed E-state index contributed by atoms with van der Waals surface area (Å²) in [4.78, 5) is 62.5. The molecule has 0 saturated carbocycles. The van der Waals surface area contributed by atoms with E-state index in [1.807, 2.05) is 0 Å². The van der Waals surface area contributed by atoms with Crippen molar-refractivity contribution in [3.05, 3.63) is 0 Å². The van der Waals surface area contributed by atoms with Crippen LogP contribution in [0.2, 0.25) is 0 Å². The molecular weight excluding hydrogens is 1360 g/mol. The summed E-state index contributed by atoms with van der Waals surface area (Å²) >= 11 is 0. The molecule has 7 aliphatic rings. The number of aliphatic hydroxyl groups is 20. The van der Waals surface area contributed by atoms with Crippen LogP contribution in [0.4, 0.5) is 0 Å². The molecule has 0 aromatic heterocycles. The molecule has 0 radical (unpaired) electrons. The van der Waals surface area contributed by atoms with Crippen molar-refractivity contribution in [3.63, 3.8) is 0 Å². The summed E-state index contributed by atoms with van der Waals surface area (Å²) in [6, 6.07) is -6.62. The third-order valence-electron chi connectivity index (χ3n) is 17.6. The molecule has 7 fully saturated rings. The zero-order valence-corrected chi connectivity index (χ0v) is 53.3. The number of nitrogens with one attached hydrogen (secondary N) is 4. The average molecular weight is 1450 g/mol. The molecule has 0 spiro atoms. The third-order valence-corrected chi connectivity index (χ3v) is 17.6. The Balaban J connectivity index is 1.23. The highest BCUT2D eigenvalue weighted by atomic mass is 16.8. The van der Waals surface area contributed by atoms with Crippen molar-refractivity contribution in [2.75, 3.05) is 52.9 Å². The van der Waals surface area contributed by atoms with Crippen molar-refractivity contribution in [2.45, 2.75) is 261 Å². The summed E-state index contributed by atoms with van der Waals surface area (Å²) in [5.74, 6) is -8.56. The average Bonchev–Trinajstić information content (AvgIpc) is 0.761. The number of hydrogen-bond donors (Lipinski definition) is 24. The summed E-state index contributed by atoms with van der Waals surface area (Å²) < 4.78 is 81.8. The molecule has 0 aromatic carbocycles. The van der Waals surface area contributed by atoms with Gasteiger partial charge in [-0.3, -0.25) is 19.2 Å². The van der Waals surface area contributed by atoms with Crippen molar-refractivity contribution >= 4 is 30.1 Å². The first-order valence-electron chi connectivity index (χ1n) is 31.3. The molecule has 24 N–H and O–H groups in total. The fourth-order valence-corrected chi connectivity index (χ4v) is 12.3. The molecule has 37 atom stereocenters. The lowest BCUT2D eigenvalue weighted by Crippen LogP contribution is -2.72. The maximum Gasteiger partial charge on any atom is 0.217 e. The number of hydrogen-bond acceptors (Lipinski definition) is 40. The molecule has 4 amide bonds. The molecular formula is C55H91N4O40-. The third kappa shape index (κ3) is 18.7. The lowest BCUT2D eigenvalue weighted by molar-refractivity contribution is -0.411. The predicted molar refractivity (Wildman–Crippen MR) is 304 cm³/mol. The molecule has 99 heavy (non-hydrogen) atoms. The van der Waals surface area contributed by atoms with Gasteiger partial charge in [0.05, 0.1) is 77.1 Å². The SMILES string of the molecule is CC(=O)N[C@H]1[C@H](OC[C@H]2O[C@@H](O[C@H]3[C@H](O)[C@@H](O)[C@H](OC[C@@H](CO)NC=O)O[C@@H]3CO)[C@H](O)[C@@H](O[C@@H]3O[C@H](CO)[C@@H](O)[C@H](O[C@@H]4O[C@H](CO)[C@H](O)[C@H](O[C@]5(C(=O)[O-])C[C@H](O)[C@@H](NC(C)=O)[C@H]([C@H](O)[C@H](O)CO)O5)[C@H]4O)[C@H]3NC(C)=O)[C@H]2O)O[C@H](CO)[C@@H](O)[C@@H]1O[C@@H]1O[C@@H](C)[C@@H](O)[C@@H](O)[C@@H]1O. The van der Waals surface area contributed by atoms with Gasteiger partial charge in [0, 0.05) is 27.2 Å². The zero-order chi connectivity index (χ0) is 73.4. The van der Waals surface area contributed by atoms with E-state index < -0.39 is 309 Å². The van der Waals surface area contributed by atoms with Crippen molar-refractivity contribution < 1.29 is 198 Å². The number of rotatable bonds is 30. The van der Waals surface area contributed by atoms with Crippen molar-refractivity contribution in [1.29, 1.82) is 0 Å². The van der Waals surface area contributed by atoms with E-state index in [0.29, 0.717) is 0 Å². The molecule has 0 unspecified atom stereocenters. The Bertz CT molecular complexity index is 2580. The number of carboxylic acids is 1. The minimum absolute atomic E-state index is 0.227. The molecule has 7 saturated heterocycles. The van der Waals surface area contributed by atoms with Crippen LogP contribution in [0.15, 0.2) is 0 Å². The van der Waals surface area contributed by atoms with Crippen molar-refractivity contribution in [1.82, 2.24) is 21.3 Å². The lowest BCUT2D eigenvalue weighted by Gasteiger charge is -2.52. The fraction of sp³-hybridized carbons (Fsp3) is 0.909. The van der Waals surface area contributed by atoms with Gasteiger partial charge in [-0.2, -0.15) is 0 Å². The van der Waals surface area contributed by atoms with E-state index in [1.54, 1.807) is 0 Å². The van der Waals surface area contributed by atoms with Crippen LogP contribution in [0.25, 0.3) is 0 Å². The molecule has 572 valence electrons. The van der Waals surface area contributed by atoms with Crippen LogP contribution in [-0.4, -0.2) is 411 Å². The summed E-state index contributed by atoms with van der Waals surface area (Å²) in [6.45, 7) is -3.86. The first-order valence-corrected chi connectivity index (χ1v) is 31.3. The summed E-state index contributed by atoms with van der Waals surface area (Å²) in [7, 11) is 0. The number of aliphatic hydroxyl groups excluding tert-OH is 20. The van der Waals surface area contributed by atoms with Crippen LogP contribution in [-0.2, 0) is 90.3 Å². The first-order chi connectivity index (χ1) is 46.7. The lowest BCUT2D eigenvalue weighted by atomic mass is 9.88. The topological polar surface area (TPSA) is 690 Å². The Morgan fingerprint density at radius 1 is 0.495 bits per heavy atom. The van der Waals surface area contributed by atoms with Crippen LogP contribution in [0.3, 0.4) is 0 Å². The highest BCUT2D eigenvalue weighted by Crippen LogP contribution is 2.40. The van der Waals surface area contributed by atoms with E-state index in [2.05, 4.69) is 21.3 Å². The van der Waals surface area contributed by atoms with Gasteiger partial charge in [-0.25, -0.2) is 0 Å². The second-order valence-corrected chi connectivity index (χ2v) is 24.7. The Hall–Kier alpha value is -4.01.